The van der Waals surface area contributed by atoms with E-state index < -0.39 is 0 Å². The molecule has 2 fully saturated rings. The Morgan fingerprint density at radius 1 is 1.21 bits per heavy atom. The quantitative estimate of drug-likeness (QED) is 0.705. The van der Waals surface area contributed by atoms with Crippen LogP contribution >= 0.6 is 0 Å². The van der Waals surface area contributed by atoms with Gasteiger partial charge in [-0.15, -0.1) is 0 Å². The maximum atomic E-state index is 12.9. The van der Waals surface area contributed by atoms with Gasteiger partial charge in [-0.2, -0.15) is 0 Å². The van der Waals surface area contributed by atoms with Crippen LogP contribution in [0.5, 0.6) is 0 Å². The van der Waals surface area contributed by atoms with Crippen LogP contribution in [0.1, 0.15) is 29.9 Å². The highest BCUT2D eigenvalue weighted by molar-refractivity contribution is 5.90. The molecule has 0 saturated heterocycles. The number of nitrogens with zero attached hydrogens (tertiary/aromatic N) is 1. The Balaban J connectivity index is 1.43. The summed E-state index contributed by atoms with van der Waals surface area (Å²) in [5.41, 5.74) is 2.03. The van der Waals surface area contributed by atoms with Crippen molar-refractivity contribution in [1.29, 1.82) is 0 Å². The summed E-state index contributed by atoms with van der Waals surface area (Å²) in [6, 6.07) is 12.0. The maximum Gasteiger partial charge on any atom is 0.229 e. The molecule has 0 radical (unpaired) electrons. The van der Waals surface area contributed by atoms with E-state index in [-0.39, 0.29) is 11.3 Å². The number of furan rings is 2. The molecule has 2 aliphatic carbocycles. The van der Waals surface area contributed by atoms with Crippen LogP contribution in [0.4, 0.5) is 0 Å². The molecule has 0 spiro atoms. The van der Waals surface area contributed by atoms with E-state index in [1.54, 1.807) is 6.26 Å². The van der Waals surface area contributed by atoms with Gasteiger partial charge in [0.2, 0.25) is 5.91 Å². The number of aryl methyl sites for hydroxylation is 1. The molecule has 0 unspecified atom stereocenters. The van der Waals surface area contributed by atoms with Crippen molar-refractivity contribution in [3.8, 4) is 0 Å². The Morgan fingerprint density at radius 2 is 2.00 bits per heavy atom. The summed E-state index contributed by atoms with van der Waals surface area (Å²) in [5.74, 6) is 2.51. The first-order chi connectivity index (χ1) is 11.6. The van der Waals surface area contributed by atoms with Gasteiger partial charge in [0, 0.05) is 5.39 Å². The van der Waals surface area contributed by atoms with E-state index in [2.05, 4.69) is 13.0 Å². The van der Waals surface area contributed by atoms with Crippen LogP contribution < -0.4 is 0 Å². The van der Waals surface area contributed by atoms with Crippen molar-refractivity contribution in [2.45, 2.75) is 32.9 Å². The van der Waals surface area contributed by atoms with E-state index in [4.69, 9.17) is 8.83 Å². The molecule has 1 amide bonds. The van der Waals surface area contributed by atoms with Gasteiger partial charge < -0.3 is 13.7 Å². The Hall–Kier alpha value is -2.49. The summed E-state index contributed by atoms with van der Waals surface area (Å²) in [5, 5.41) is 1.09. The molecular weight excluding hydrogens is 302 g/mol. The number of amides is 1. The Morgan fingerprint density at radius 3 is 2.71 bits per heavy atom. The summed E-state index contributed by atoms with van der Waals surface area (Å²) in [6.45, 7) is 3.05. The van der Waals surface area contributed by atoms with Crippen LogP contribution in [0.15, 0.2) is 51.5 Å². The van der Waals surface area contributed by atoms with Crippen molar-refractivity contribution >= 4 is 16.9 Å². The number of hydrogen-bond acceptors (Lipinski definition) is 3. The second-order valence-electron chi connectivity index (χ2n) is 7.26. The lowest BCUT2D eigenvalue weighted by atomic mass is 10.1. The zero-order chi connectivity index (χ0) is 16.3. The highest BCUT2D eigenvalue weighted by atomic mass is 16.3. The van der Waals surface area contributed by atoms with Crippen LogP contribution in [0.25, 0.3) is 11.0 Å². The molecule has 4 heteroatoms. The standard InChI is InChI=1S/C20H19NO3/c1-13-4-5-18-14(7-13)8-17(24-18)12-21(11-16-3-2-6-23-16)19(22)20-9-15(20)10-20/h2-8,15H,9-12H2,1H3. The van der Waals surface area contributed by atoms with Gasteiger partial charge in [-0.25, -0.2) is 0 Å². The summed E-state index contributed by atoms with van der Waals surface area (Å²) in [6.07, 6.45) is 3.76. The predicted octanol–water partition coefficient (Wildman–Crippen LogP) is 4.27. The molecule has 2 saturated carbocycles. The second-order valence-corrected chi connectivity index (χ2v) is 7.26. The number of carbonyl (C=O) groups excluding carboxylic acids is 1. The summed E-state index contributed by atoms with van der Waals surface area (Å²) in [4.78, 5) is 14.8. The summed E-state index contributed by atoms with van der Waals surface area (Å²) < 4.78 is 11.4. The van der Waals surface area contributed by atoms with E-state index in [1.165, 1.54) is 5.56 Å². The molecule has 2 aliphatic rings. The molecule has 0 bridgehead atoms. The highest BCUT2D eigenvalue weighted by Gasteiger charge is 2.75. The van der Waals surface area contributed by atoms with Crippen LogP contribution in [-0.4, -0.2) is 10.8 Å². The largest absolute Gasteiger partial charge is 0.467 e. The monoisotopic (exact) mass is 321 g/mol. The Bertz CT molecular complexity index is 916. The molecule has 0 atom stereocenters. The molecule has 0 aliphatic heterocycles. The van der Waals surface area contributed by atoms with E-state index >= 15 is 0 Å². The van der Waals surface area contributed by atoms with Crippen molar-refractivity contribution in [3.05, 3.63) is 59.7 Å². The van der Waals surface area contributed by atoms with Crippen LogP contribution in [0, 0.1) is 18.3 Å². The molecule has 2 heterocycles. The number of benzene rings is 1. The first kappa shape index (κ1) is 13.9. The Labute approximate surface area is 140 Å². The van der Waals surface area contributed by atoms with E-state index in [0.717, 1.165) is 35.3 Å². The SMILES string of the molecule is Cc1ccc2oc(CN(Cc3ccco3)C(=O)C34CC3C4)cc2c1. The molecule has 0 N–H and O–H groups in total. The fourth-order valence-corrected chi connectivity index (χ4v) is 3.64. The van der Waals surface area contributed by atoms with Gasteiger partial charge in [-0.1, -0.05) is 11.6 Å². The molecule has 5 rings (SSSR count). The number of hydrogen-bond donors (Lipinski definition) is 0. The van der Waals surface area contributed by atoms with Gasteiger partial charge in [-0.3, -0.25) is 4.79 Å². The average Bonchev–Trinajstić information content (AvgIpc) is 3.26. The van der Waals surface area contributed by atoms with Crippen LogP contribution in [0.3, 0.4) is 0 Å². The van der Waals surface area contributed by atoms with Gasteiger partial charge in [0.1, 0.15) is 17.1 Å². The normalized spacial score (nSPS) is 24.0. The number of carbonyl (C=O) groups is 1. The fraction of sp³-hybridized carbons (Fsp3) is 0.350. The third kappa shape index (κ3) is 2.17. The maximum absolute atomic E-state index is 12.9. The molecule has 24 heavy (non-hydrogen) atoms. The molecule has 3 aromatic rings. The van der Waals surface area contributed by atoms with Crippen LogP contribution in [-0.2, 0) is 17.9 Å². The number of rotatable bonds is 5. The summed E-state index contributed by atoms with van der Waals surface area (Å²) >= 11 is 0. The second kappa shape index (κ2) is 4.76. The molecule has 2 aromatic heterocycles. The van der Waals surface area contributed by atoms with E-state index in [0.29, 0.717) is 19.0 Å². The first-order valence-corrected chi connectivity index (χ1v) is 8.45. The van der Waals surface area contributed by atoms with Gasteiger partial charge in [0.25, 0.3) is 0 Å². The van der Waals surface area contributed by atoms with Gasteiger partial charge in [-0.05, 0) is 56.0 Å². The lowest BCUT2D eigenvalue weighted by Gasteiger charge is -2.22. The van der Waals surface area contributed by atoms with Crippen molar-refractivity contribution in [2.24, 2.45) is 11.3 Å². The van der Waals surface area contributed by atoms with Gasteiger partial charge >= 0.3 is 0 Å². The van der Waals surface area contributed by atoms with E-state index in [1.807, 2.05) is 35.2 Å². The van der Waals surface area contributed by atoms with Crippen molar-refractivity contribution in [2.75, 3.05) is 0 Å². The molecule has 1 aromatic carbocycles. The summed E-state index contributed by atoms with van der Waals surface area (Å²) in [7, 11) is 0. The average molecular weight is 321 g/mol. The molecular formula is C20H19NO3. The topological polar surface area (TPSA) is 46.6 Å². The van der Waals surface area contributed by atoms with E-state index in [9.17, 15) is 4.79 Å². The third-order valence-corrected chi connectivity index (χ3v) is 5.39. The minimum Gasteiger partial charge on any atom is -0.467 e. The zero-order valence-electron chi connectivity index (χ0n) is 13.6. The molecule has 122 valence electrons. The fourth-order valence-electron chi connectivity index (χ4n) is 3.64. The smallest absolute Gasteiger partial charge is 0.229 e. The minimum absolute atomic E-state index is 0.0464. The molecule has 4 nitrogen and oxygen atoms in total. The zero-order valence-corrected chi connectivity index (χ0v) is 13.6. The van der Waals surface area contributed by atoms with Gasteiger partial charge in [0.05, 0.1) is 24.8 Å². The third-order valence-electron chi connectivity index (χ3n) is 5.39. The number of fused-ring (bicyclic) bond motifs is 2. The first-order valence-electron chi connectivity index (χ1n) is 8.45. The van der Waals surface area contributed by atoms with Crippen molar-refractivity contribution in [1.82, 2.24) is 4.90 Å². The Kier molecular flexibility index (Phi) is 2.76. The minimum atomic E-state index is -0.0464. The predicted molar refractivity (Wildman–Crippen MR) is 89.1 cm³/mol. The highest BCUT2D eigenvalue weighted by Crippen LogP contribution is 2.76. The van der Waals surface area contributed by atoms with Crippen molar-refractivity contribution in [3.63, 3.8) is 0 Å². The van der Waals surface area contributed by atoms with Crippen molar-refractivity contribution < 1.29 is 13.6 Å². The van der Waals surface area contributed by atoms with Crippen LogP contribution in [0.2, 0.25) is 0 Å². The lowest BCUT2D eigenvalue weighted by Crippen LogP contribution is -2.33. The lowest BCUT2D eigenvalue weighted by molar-refractivity contribution is -0.136. The van der Waals surface area contributed by atoms with Gasteiger partial charge in [0.15, 0.2) is 0 Å².